The normalized spacial score (nSPS) is 33.9. The maximum atomic E-state index is 6.65. The largest absolute Gasteiger partial charge is 0.324 e. The molecule has 0 aliphatic heterocycles. The maximum absolute atomic E-state index is 6.65. The first kappa shape index (κ1) is 13.0. The van der Waals surface area contributed by atoms with Crippen molar-refractivity contribution in [3.8, 4) is 0 Å². The van der Waals surface area contributed by atoms with Gasteiger partial charge >= 0.3 is 0 Å². The van der Waals surface area contributed by atoms with E-state index in [1.165, 1.54) is 28.4 Å². The van der Waals surface area contributed by atoms with E-state index in [9.17, 15) is 0 Å². The molecule has 1 aromatic rings. The van der Waals surface area contributed by atoms with E-state index in [1.807, 2.05) is 11.3 Å². The highest BCUT2D eigenvalue weighted by atomic mass is 32.1. The van der Waals surface area contributed by atoms with E-state index in [-0.39, 0.29) is 5.54 Å². The van der Waals surface area contributed by atoms with Crippen LogP contribution in [-0.2, 0) is 6.42 Å². The topological polar surface area (TPSA) is 38.9 Å². The van der Waals surface area contributed by atoms with E-state index in [2.05, 4.69) is 32.7 Å². The van der Waals surface area contributed by atoms with Crippen molar-refractivity contribution in [2.75, 3.05) is 0 Å². The third-order valence-electron chi connectivity index (χ3n) is 4.36. The summed E-state index contributed by atoms with van der Waals surface area (Å²) in [5.41, 5.74) is 7.79. The number of aromatic nitrogens is 1. The predicted octanol–water partition coefficient (Wildman–Crippen LogP) is 3.46. The van der Waals surface area contributed by atoms with Crippen LogP contribution in [0.25, 0.3) is 0 Å². The number of nitrogens with zero attached hydrogens (tertiary/aromatic N) is 1. The van der Waals surface area contributed by atoms with E-state index < -0.39 is 0 Å². The van der Waals surface area contributed by atoms with Gasteiger partial charge in [0.05, 0.1) is 10.7 Å². The Morgan fingerprint density at radius 1 is 1.35 bits per heavy atom. The van der Waals surface area contributed by atoms with E-state index in [4.69, 9.17) is 5.73 Å². The summed E-state index contributed by atoms with van der Waals surface area (Å²) in [6.07, 6.45) is 4.70. The van der Waals surface area contributed by atoms with Gasteiger partial charge in [0.25, 0.3) is 0 Å². The minimum absolute atomic E-state index is 0.0333. The van der Waals surface area contributed by atoms with Gasteiger partial charge in [-0.05, 0) is 38.5 Å². The molecule has 1 heterocycles. The molecule has 1 fully saturated rings. The molecular weight excluding hydrogens is 228 g/mol. The summed E-state index contributed by atoms with van der Waals surface area (Å²) in [4.78, 5) is 5.98. The third kappa shape index (κ3) is 2.71. The second kappa shape index (κ2) is 4.69. The molecule has 1 aliphatic rings. The second-order valence-corrected chi connectivity index (χ2v) is 7.23. The van der Waals surface area contributed by atoms with E-state index in [0.717, 1.165) is 18.8 Å². The molecule has 2 N–H and O–H groups in total. The quantitative estimate of drug-likeness (QED) is 0.875. The van der Waals surface area contributed by atoms with Gasteiger partial charge in [-0.3, -0.25) is 0 Å². The van der Waals surface area contributed by atoms with Crippen molar-refractivity contribution < 1.29 is 0 Å². The third-order valence-corrected chi connectivity index (χ3v) is 5.43. The maximum Gasteiger partial charge on any atom is 0.0949 e. The zero-order valence-corrected chi connectivity index (χ0v) is 12.2. The average Bonchev–Trinajstić information content (AvgIpc) is 2.52. The molecule has 0 spiro atoms. The number of rotatable bonds is 2. The van der Waals surface area contributed by atoms with Gasteiger partial charge < -0.3 is 5.73 Å². The lowest BCUT2D eigenvalue weighted by molar-refractivity contribution is 0.161. The van der Waals surface area contributed by atoms with E-state index >= 15 is 0 Å². The van der Waals surface area contributed by atoms with Crippen LogP contribution >= 0.6 is 11.3 Å². The second-order valence-electron chi connectivity index (χ2n) is 5.95. The van der Waals surface area contributed by atoms with Crippen molar-refractivity contribution in [1.29, 1.82) is 0 Å². The molecule has 0 bridgehead atoms. The van der Waals surface area contributed by atoms with Crippen molar-refractivity contribution in [1.82, 2.24) is 4.98 Å². The van der Waals surface area contributed by atoms with Crippen molar-refractivity contribution in [2.45, 2.75) is 58.9 Å². The van der Waals surface area contributed by atoms with E-state index in [0.29, 0.717) is 5.92 Å². The molecule has 0 aromatic carbocycles. The van der Waals surface area contributed by atoms with Crippen LogP contribution in [0.15, 0.2) is 0 Å². The van der Waals surface area contributed by atoms with Crippen molar-refractivity contribution in [3.05, 3.63) is 15.6 Å². The molecule has 3 unspecified atom stereocenters. The molecule has 17 heavy (non-hydrogen) atoms. The zero-order chi connectivity index (χ0) is 12.6. The van der Waals surface area contributed by atoms with Gasteiger partial charge in [-0.25, -0.2) is 4.98 Å². The molecule has 1 aliphatic carbocycles. The van der Waals surface area contributed by atoms with Crippen LogP contribution in [0.3, 0.4) is 0 Å². The lowest BCUT2D eigenvalue weighted by Crippen LogP contribution is -2.51. The van der Waals surface area contributed by atoms with Crippen LogP contribution in [0, 0.1) is 25.7 Å². The molecule has 2 nitrogen and oxygen atoms in total. The first-order chi connectivity index (χ1) is 7.90. The van der Waals surface area contributed by atoms with Crippen molar-refractivity contribution >= 4 is 11.3 Å². The fourth-order valence-electron chi connectivity index (χ4n) is 2.92. The minimum Gasteiger partial charge on any atom is -0.324 e. The van der Waals surface area contributed by atoms with Gasteiger partial charge in [-0.15, -0.1) is 11.3 Å². The molecular formula is C14H24N2S. The van der Waals surface area contributed by atoms with Crippen molar-refractivity contribution in [2.24, 2.45) is 17.6 Å². The summed E-state index contributed by atoms with van der Waals surface area (Å²) in [7, 11) is 0. The van der Waals surface area contributed by atoms with Crippen LogP contribution in [0.1, 0.15) is 48.7 Å². The highest BCUT2D eigenvalue weighted by Gasteiger charge is 2.37. The molecule has 0 radical (unpaired) electrons. The predicted molar refractivity (Wildman–Crippen MR) is 74.4 cm³/mol. The Bertz CT molecular complexity index is 379. The van der Waals surface area contributed by atoms with Gasteiger partial charge in [0.15, 0.2) is 0 Å². The summed E-state index contributed by atoms with van der Waals surface area (Å²) < 4.78 is 0. The van der Waals surface area contributed by atoms with Gasteiger partial charge in [0.1, 0.15) is 0 Å². The smallest absolute Gasteiger partial charge is 0.0949 e. The monoisotopic (exact) mass is 252 g/mol. The van der Waals surface area contributed by atoms with Gasteiger partial charge in [0.2, 0.25) is 0 Å². The first-order valence-corrected chi connectivity index (χ1v) is 7.44. The Kier molecular flexibility index (Phi) is 3.60. The Hall–Kier alpha value is -0.410. The standard InChI is InChI=1S/C14H24N2S/c1-9-5-6-10(2)14(15,7-9)8-13-16-11(3)12(4)17-13/h9-10H,5-8,15H2,1-4H3. The summed E-state index contributed by atoms with van der Waals surface area (Å²) in [6, 6.07) is 0. The van der Waals surface area contributed by atoms with Crippen LogP contribution in [-0.4, -0.2) is 10.5 Å². The summed E-state index contributed by atoms with van der Waals surface area (Å²) in [5.74, 6) is 1.38. The lowest BCUT2D eigenvalue weighted by Gasteiger charge is -2.42. The molecule has 3 heteroatoms. The van der Waals surface area contributed by atoms with Crippen LogP contribution in [0.2, 0.25) is 0 Å². The summed E-state index contributed by atoms with van der Waals surface area (Å²) >= 11 is 1.82. The fraction of sp³-hybridized carbons (Fsp3) is 0.786. The molecule has 1 aromatic heterocycles. The molecule has 1 saturated carbocycles. The first-order valence-electron chi connectivity index (χ1n) is 6.62. The highest BCUT2D eigenvalue weighted by Crippen LogP contribution is 2.38. The van der Waals surface area contributed by atoms with Crippen molar-refractivity contribution in [3.63, 3.8) is 0 Å². The molecule has 2 rings (SSSR count). The van der Waals surface area contributed by atoms with Gasteiger partial charge in [0, 0.05) is 16.8 Å². The lowest BCUT2D eigenvalue weighted by atomic mass is 9.69. The molecule has 3 atom stereocenters. The number of nitrogens with two attached hydrogens (primary N) is 1. The van der Waals surface area contributed by atoms with Gasteiger partial charge in [-0.2, -0.15) is 0 Å². The minimum atomic E-state index is -0.0333. The molecule has 96 valence electrons. The highest BCUT2D eigenvalue weighted by molar-refractivity contribution is 7.11. The Morgan fingerprint density at radius 2 is 2.06 bits per heavy atom. The fourth-order valence-corrected chi connectivity index (χ4v) is 3.99. The van der Waals surface area contributed by atoms with Crippen LogP contribution in [0.4, 0.5) is 0 Å². The Morgan fingerprint density at radius 3 is 2.65 bits per heavy atom. The SMILES string of the molecule is Cc1nc(CC2(N)CC(C)CCC2C)sc1C. The average molecular weight is 252 g/mol. The number of thiazole rings is 1. The molecule has 0 saturated heterocycles. The number of aryl methyl sites for hydroxylation is 2. The van der Waals surface area contributed by atoms with E-state index in [1.54, 1.807) is 0 Å². The Labute approximate surface area is 109 Å². The van der Waals surface area contributed by atoms with Crippen LogP contribution in [0.5, 0.6) is 0 Å². The molecule has 0 amide bonds. The summed E-state index contributed by atoms with van der Waals surface area (Å²) in [5, 5.41) is 1.23. The number of hydrogen-bond acceptors (Lipinski definition) is 3. The van der Waals surface area contributed by atoms with Gasteiger partial charge in [-0.1, -0.05) is 20.3 Å². The Balaban J connectivity index is 2.15. The van der Waals surface area contributed by atoms with Crippen LogP contribution < -0.4 is 5.73 Å². The summed E-state index contributed by atoms with van der Waals surface area (Å²) in [6.45, 7) is 8.86. The number of hydrogen-bond donors (Lipinski definition) is 1. The zero-order valence-electron chi connectivity index (χ0n) is 11.4.